The highest BCUT2D eigenvalue weighted by Gasteiger charge is 2.18. The third-order valence-electron chi connectivity index (χ3n) is 2.97. The lowest BCUT2D eigenvalue weighted by molar-refractivity contribution is -0.124. The van der Waals surface area contributed by atoms with Crippen LogP contribution in [-0.2, 0) is 9.59 Å². The topological polar surface area (TPSA) is 61.4 Å². The smallest absolute Gasteiger partial charge is 0.238 e. The Kier molecular flexibility index (Phi) is 7.80. The van der Waals surface area contributed by atoms with Crippen molar-refractivity contribution in [2.75, 3.05) is 25.0 Å². The summed E-state index contributed by atoms with van der Waals surface area (Å²) in [4.78, 5) is 25.9. The number of hydrogen-bond acceptors (Lipinski definition) is 3. The normalized spacial score (nSPS) is 11.5. The van der Waals surface area contributed by atoms with Gasteiger partial charge in [-0.1, -0.05) is 41.7 Å². The molecule has 2 amide bonds. The van der Waals surface area contributed by atoms with Gasteiger partial charge in [0.15, 0.2) is 0 Å². The molecular weight excluding hydrogens is 373 g/mol. The van der Waals surface area contributed by atoms with Gasteiger partial charge in [0.1, 0.15) is 0 Å². The molecule has 0 radical (unpaired) electrons. The van der Waals surface area contributed by atoms with Crippen LogP contribution in [-0.4, -0.2) is 41.9 Å². The Bertz CT molecular complexity index is 592. The number of nitrogens with zero attached hydrogens (tertiary/aromatic N) is 1. The molecule has 1 aromatic carbocycles. The molecule has 0 aliphatic rings. The van der Waals surface area contributed by atoms with Crippen molar-refractivity contribution in [3.05, 3.63) is 27.2 Å². The second kappa shape index (κ2) is 8.90. The molecule has 1 aromatic rings. The fourth-order valence-electron chi connectivity index (χ4n) is 1.98. The number of amides is 2. The molecule has 0 aliphatic heterocycles. The minimum Gasteiger partial charge on any atom is -0.350 e. The Morgan fingerprint density at radius 2 is 1.54 bits per heavy atom. The second-order valence-electron chi connectivity index (χ2n) is 6.39. The van der Waals surface area contributed by atoms with E-state index in [1.54, 1.807) is 4.90 Å². The number of nitrogens with one attached hydrogen (secondary N) is 2. The number of hydrogen-bond donors (Lipinski definition) is 2. The van der Waals surface area contributed by atoms with E-state index in [1.165, 1.54) is 12.1 Å². The molecule has 0 saturated carbocycles. The van der Waals surface area contributed by atoms with Crippen LogP contribution >= 0.6 is 34.8 Å². The van der Waals surface area contributed by atoms with Crippen LogP contribution in [0.3, 0.4) is 0 Å². The molecule has 8 heteroatoms. The molecule has 0 spiro atoms. The minimum absolute atomic E-state index is 0.0450. The fraction of sp³-hybridized carbons (Fsp3) is 0.500. The second-order valence-corrected chi connectivity index (χ2v) is 7.64. The van der Waals surface area contributed by atoms with Crippen LogP contribution in [0.1, 0.15) is 27.7 Å². The number of benzene rings is 1. The van der Waals surface area contributed by atoms with Crippen LogP contribution in [0, 0.1) is 0 Å². The molecule has 0 unspecified atom stereocenters. The van der Waals surface area contributed by atoms with Gasteiger partial charge in [-0.3, -0.25) is 14.5 Å². The van der Waals surface area contributed by atoms with Gasteiger partial charge in [-0.15, -0.1) is 0 Å². The van der Waals surface area contributed by atoms with Crippen LogP contribution in [0.2, 0.25) is 15.1 Å². The predicted octanol–water partition coefficient (Wildman–Crippen LogP) is 3.82. The monoisotopic (exact) mass is 393 g/mol. The van der Waals surface area contributed by atoms with E-state index in [-0.39, 0.29) is 40.5 Å². The van der Waals surface area contributed by atoms with Gasteiger partial charge in [0.05, 0.1) is 28.8 Å². The molecule has 0 atom stereocenters. The van der Waals surface area contributed by atoms with E-state index in [0.29, 0.717) is 17.3 Å². The fourth-order valence-corrected chi connectivity index (χ4v) is 2.90. The summed E-state index contributed by atoms with van der Waals surface area (Å²) >= 11 is 17.9. The summed E-state index contributed by atoms with van der Waals surface area (Å²) in [5.41, 5.74) is -0.00809. The summed E-state index contributed by atoms with van der Waals surface area (Å²) in [7, 11) is 0. The number of rotatable bonds is 6. The van der Waals surface area contributed by atoms with Crippen LogP contribution < -0.4 is 10.6 Å². The van der Waals surface area contributed by atoms with Crippen molar-refractivity contribution >= 4 is 52.3 Å². The van der Waals surface area contributed by atoms with Gasteiger partial charge < -0.3 is 10.6 Å². The predicted molar refractivity (Wildman–Crippen MR) is 100 cm³/mol. The van der Waals surface area contributed by atoms with Crippen molar-refractivity contribution in [2.45, 2.75) is 33.2 Å². The Balaban J connectivity index is 2.67. The lowest BCUT2D eigenvalue weighted by atomic mass is 10.1. The van der Waals surface area contributed by atoms with E-state index in [1.807, 2.05) is 27.7 Å². The zero-order chi connectivity index (χ0) is 18.5. The quantitative estimate of drug-likeness (QED) is 0.771. The summed E-state index contributed by atoms with van der Waals surface area (Å²) < 4.78 is 0. The van der Waals surface area contributed by atoms with Gasteiger partial charge in [0.2, 0.25) is 11.8 Å². The summed E-state index contributed by atoms with van der Waals surface area (Å²) in [6.07, 6.45) is 0. The van der Waals surface area contributed by atoms with Crippen LogP contribution in [0.15, 0.2) is 12.1 Å². The lowest BCUT2D eigenvalue weighted by Gasteiger charge is -2.24. The average molecular weight is 395 g/mol. The molecule has 0 fully saturated rings. The van der Waals surface area contributed by atoms with Gasteiger partial charge >= 0.3 is 0 Å². The van der Waals surface area contributed by atoms with Crippen molar-refractivity contribution in [2.24, 2.45) is 0 Å². The van der Waals surface area contributed by atoms with Crippen molar-refractivity contribution in [3.63, 3.8) is 0 Å². The first-order valence-electron chi connectivity index (χ1n) is 7.49. The Morgan fingerprint density at radius 1 is 1.04 bits per heavy atom. The van der Waals surface area contributed by atoms with Gasteiger partial charge in [0, 0.05) is 10.6 Å². The number of likely N-dealkylation sites (N-methyl/N-ethyl adjacent to an activating group) is 1. The molecule has 0 bridgehead atoms. The van der Waals surface area contributed by atoms with Crippen LogP contribution in [0.4, 0.5) is 5.69 Å². The highest BCUT2D eigenvalue weighted by Crippen LogP contribution is 2.33. The van der Waals surface area contributed by atoms with E-state index in [9.17, 15) is 9.59 Å². The summed E-state index contributed by atoms with van der Waals surface area (Å²) in [6, 6.07) is 3.00. The minimum atomic E-state index is -0.316. The third-order valence-corrected chi connectivity index (χ3v) is 3.78. The zero-order valence-electron chi connectivity index (χ0n) is 14.2. The van der Waals surface area contributed by atoms with Crippen molar-refractivity contribution in [3.8, 4) is 0 Å². The lowest BCUT2D eigenvalue weighted by Crippen LogP contribution is -2.47. The average Bonchev–Trinajstić information content (AvgIpc) is 2.39. The van der Waals surface area contributed by atoms with Crippen molar-refractivity contribution in [1.82, 2.24) is 10.2 Å². The Hall–Kier alpha value is -1.01. The van der Waals surface area contributed by atoms with E-state index in [4.69, 9.17) is 34.8 Å². The first-order valence-corrected chi connectivity index (χ1v) is 8.63. The first-order chi connectivity index (χ1) is 11.0. The summed E-state index contributed by atoms with van der Waals surface area (Å²) in [5.74, 6) is -0.453. The molecule has 2 N–H and O–H groups in total. The van der Waals surface area contributed by atoms with E-state index in [0.717, 1.165) is 0 Å². The van der Waals surface area contributed by atoms with Gasteiger partial charge in [-0.05, 0) is 39.4 Å². The number of carbonyl (C=O) groups is 2. The molecule has 0 saturated heterocycles. The van der Waals surface area contributed by atoms with E-state index in [2.05, 4.69) is 10.6 Å². The largest absolute Gasteiger partial charge is 0.350 e. The third kappa shape index (κ3) is 7.26. The van der Waals surface area contributed by atoms with Gasteiger partial charge in [-0.2, -0.15) is 0 Å². The molecule has 0 heterocycles. The molecular formula is C16H22Cl3N3O2. The molecule has 24 heavy (non-hydrogen) atoms. The summed E-state index contributed by atoms with van der Waals surface area (Å²) in [5, 5.41) is 6.42. The Labute approximate surface area is 157 Å². The Morgan fingerprint density at radius 3 is 2.00 bits per heavy atom. The van der Waals surface area contributed by atoms with E-state index < -0.39 is 0 Å². The molecule has 0 aliphatic carbocycles. The maximum Gasteiger partial charge on any atom is 0.238 e. The van der Waals surface area contributed by atoms with Crippen LogP contribution in [0.5, 0.6) is 0 Å². The van der Waals surface area contributed by atoms with E-state index >= 15 is 0 Å². The SMILES string of the molecule is CCN(CC(=O)Nc1c(Cl)cc(Cl)cc1Cl)CC(=O)NC(C)(C)C. The first kappa shape index (κ1) is 21.0. The zero-order valence-corrected chi connectivity index (χ0v) is 16.4. The maximum atomic E-state index is 12.2. The number of halogens is 3. The molecule has 134 valence electrons. The highest BCUT2D eigenvalue weighted by atomic mass is 35.5. The van der Waals surface area contributed by atoms with Crippen molar-refractivity contribution in [1.29, 1.82) is 0 Å². The van der Waals surface area contributed by atoms with Gasteiger partial charge in [-0.25, -0.2) is 0 Å². The standard InChI is InChI=1S/C16H22Cl3N3O2/c1-5-22(9-14(24)21-16(2,3)4)8-13(23)20-15-11(18)6-10(17)7-12(15)19/h6-7H,5,8-9H2,1-4H3,(H,20,23)(H,21,24). The molecule has 1 rings (SSSR count). The molecule has 0 aromatic heterocycles. The highest BCUT2D eigenvalue weighted by molar-refractivity contribution is 6.42. The molecule has 5 nitrogen and oxygen atoms in total. The number of anilines is 1. The number of carbonyl (C=O) groups excluding carboxylic acids is 2. The van der Waals surface area contributed by atoms with Crippen molar-refractivity contribution < 1.29 is 9.59 Å². The van der Waals surface area contributed by atoms with Gasteiger partial charge in [0.25, 0.3) is 0 Å². The maximum absolute atomic E-state index is 12.2. The summed E-state index contributed by atoms with van der Waals surface area (Å²) in [6.45, 7) is 8.30. The van der Waals surface area contributed by atoms with Crippen LogP contribution in [0.25, 0.3) is 0 Å².